The third kappa shape index (κ3) is 2.16. The molecule has 0 aromatic carbocycles. The van der Waals surface area contributed by atoms with Crippen LogP contribution in [0.2, 0.25) is 0 Å². The summed E-state index contributed by atoms with van der Waals surface area (Å²) in [6.07, 6.45) is 5.23. The lowest BCUT2D eigenvalue weighted by Crippen LogP contribution is -2.23. The fourth-order valence-corrected chi connectivity index (χ4v) is 3.59. The second-order valence-electron chi connectivity index (χ2n) is 4.30. The Bertz CT molecular complexity index is 1000. The van der Waals surface area contributed by atoms with E-state index in [2.05, 4.69) is 15.1 Å². The fourth-order valence-electron chi connectivity index (χ4n) is 1.96. The van der Waals surface area contributed by atoms with E-state index in [1.54, 1.807) is 23.7 Å². The van der Waals surface area contributed by atoms with Gasteiger partial charge in [-0.1, -0.05) is 17.4 Å². The summed E-state index contributed by atoms with van der Waals surface area (Å²) in [5.74, 6) is 0.545. The molecule has 0 aliphatic carbocycles. The van der Waals surface area contributed by atoms with Crippen molar-refractivity contribution in [2.75, 3.05) is 0 Å². The molecule has 0 N–H and O–H groups in total. The van der Waals surface area contributed by atoms with Crippen molar-refractivity contribution < 1.29 is 0 Å². The van der Waals surface area contributed by atoms with Crippen LogP contribution in [0.3, 0.4) is 0 Å². The Morgan fingerprint density at radius 3 is 2.76 bits per heavy atom. The molecule has 0 radical (unpaired) electrons. The largest absolute Gasteiger partial charge is 0.291 e. The second-order valence-corrected chi connectivity index (χ2v) is 6.29. The summed E-state index contributed by atoms with van der Waals surface area (Å²) in [5.41, 5.74) is 0.722. The molecule has 7 heteroatoms. The smallest absolute Gasteiger partial charge is 0.266 e. The molecule has 0 atom stereocenters. The van der Waals surface area contributed by atoms with Crippen LogP contribution in [-0.2, 0) is 0 Å². The van der Waals surface area contributed by atoms with Gasteiger partial charge in [-0.25, -0.2) is 0 Å². The van der Waals surface area contributed by atoms with E-state index in [1.807, 2.05) is 35.7 Å². The van der Waals surface area contributed by atoms with E-state index in [-0.39, 0.29) is 5.56 Å². The first kappa shape index (κ1) is 12.4. The first-order valence-corrected chi connectivity index (χ1v) is 7.86. The number of thiophene rings is 1. The molecule has 21 heavy (non-hydrogen) atoms. The number of thiazole rings is 1. The van der Waals surface area contributed by atoms with Crippen LogP contribution in [0, 0.1) is 0 Å². The van der Waals surface area contributed by atoms with Crippen molar-refractivity contribution in [1.82, 2.24) is 19.6 Å². The van der Waals surface area contributed by atoms with Crippen LogP contribution in [0.15, 0.2) is 46.8 Å². The van der Waals surface area contributed by atoms with Gasteiger partial charge in [0.15, 0.2) is 5.82 Å². The Labute approximate surface area is 126 Å². The molecule has 0 amide bonds. The van der Waals surface area contributed by atoms with Gasteiger partial charge in [-0.3, -0.25) is 9.78 Å². The molecule has 0 aliphatic rings. The minimum atomic E-state index is -0.129. The number of aromatic nitrogens is 4. The summed E-state index contributed by atoms with van der Waals surface area (Å²) in [5, 5.41) is 6.27. The van der Waals surface area contributed by atoms with E-state index in [0.29, 0.717) is 15.3 Å². The molecule has 0 aliphatic heterocycles. The molecule has 5 nitrogen and oxygen atoms in total. The molecule has 4 heterocycles. The van der Waals surface area contributed by atoms with E-state index < -0.39 is 0 Å². The Balaban J connectivity index is 1.87. The van der Waals surface area contributed by atoms with Crippen molar-refractivity contribution in [2.24, 2.45) is 0 Å². The Morgan fingerprint density at radius 1 is 1.19 bits per heavy atom. The van der Waals surface area contributed by atoms with Gasteiger partial charge in [0.2, 0.25) is 4.96 Å². The van der Waals surface area contributed by atoms with Gasteiger partial charge < -0.3 is 0 Å². The highest BCUT2D eigenvalue weighted by atomic mass is 32.1. The fraction of sp³-hybridized carbons (Fsp3) is 0. The molecule has 0 bridgehead atoms. The monoisotopic (exact) mass is 312 g/mol. The van der Waals surface area contributed by atoms with E-state index in [1.165, 1.54) is 15.9 Å². The maximum atomic E-state index is 12.3. The van der Waals surface area contributed by atoms with Gasteiger partial charge in [-0.15, -0.1) is 16.4 Å². The summed E-state index contributed by atoms with van der Waals surface area (Å²) >= 11 is 2.94. The lowest BCUT2D eigenvalue weighted by molar-refractivity contribution is 0.936. The van der Waals surface area contributed by atoms with Gasteiger partial charge in [0.1, 0.15) is 0 Å². The zero-order valence-electron chi connectivity index (χ0n) is 10.6. The minimum absolute atomic E-state index is 0.129. The highest BCUT2D eigenvalue weighted by Gasteiger charge is 2.11. The van der Waals surface area contributed by atoms with Crippen LogP contribution < -0.4 is 10.1 Å². The predicted octanol–water partition coefficient (Wildman–Crippen LogP) is 1.82. The van der Waals surface area contributed by atoms with Crippen molar-refractivity contribution in [2.45, 2.75) is 0 Å². The van der Waals surface area contributed by atoms with E-state index in [0.717, 1.165) is 10.4 Å². The van der Waals surface area contributed by atoms with Crippen LogP contribution in [0.5, 0.6) is 0 Å². The van der Waals surface area contributed by atoms with Crippen molar-refractivity contribution in [3.63, 3.8) is 0 Å². The van der Waals surface area contributed by atoms with E-state index in [9.17, 15) is 4.79 Å². The quantitative estimate of drug-likeness (QED) is 0.566. The van der Waals surface area contributed by atoms with Crippen LogP contribution in [0.4, 0.5) is 0 Å². The summed E-state index contributed by atoms with van der Waals surface area (Å²) in [7, 11) is 0. The molecular formula is C14H8N4OS2. The molecular weight excluding hydrogens is 304 g/mol. The molecule has 4 aromatic heterocycles. The van der Waals surface area contributed by atoms with Crippen LogP contribution in [0.1, 0.15) is 4.88 Å². The molecule has 4 rings (SSSR count). The summed E-state index contributed by atoms with van der Waals surface area (Å²) in [6, 6.07) is 7.58. The van der Waals surface area contributed by atoms with Crippen molar-refractivity contribution in [3.8, 4) is 11.4 Å². The average Bonchev–Trinajstić information content (AvgIpc) is 3.21. The lowest BCUT2D eigenvalue weighted by Gasteiger charge is -1.90. The van der Waals surface area contributed by atoms with Crippen LogP contribution >= 0.6 is 22.7 Å². The third-order valence-electron chi connectivity index (χ3n) is 2.94. The number of nitrogens with zero attached hydrogens (tertiary/aromatic N) is 4. The van der Waals surface area contributed by atoms with Gasteiger partial charge in [-0.05, 0) is 29.7 Å². The number of hydrogen-bond donors (Lipinski definition) is 0. The number of hydrogen-bond acceptors (Lipinski definition) is 6. The molecule has 0 spiro atoms. The summed E-state index contributed by atoms with van der Waals surface area (Å²) in [4.78, 5) is 22.4. The summed E-state index contributed by atoms with van der Waals surface area (Å²) < 4.78 is 2.01. The molecule has 0 saturated carbocycles. The Morgan fingerprint density at radius 2 is 2.05 bits per heavy atom. The number of rotatable bonds is 2. The molecule has 4 aromatic rings. The first-order valence-electron chi connectivity index (χ1n) is 6.16. The van der Waals surface area contributed by atoms with Gasteiger partial charge >= 0.3 is 0 Å². The van der Waals surface area contributed by atoms with E-state index in [4.69, 9.17) is 0 Å². The van der Waals surface area contributed by atoms with Crippen LogP contribution in [-0.4, -0.2) is 19.6 Å². The lowest BCUT2D eigenvalue weighted by atomic mass is 10.3. The van der Waals surface area contributed by atoms with Gasteiger partial charge in [0.25, 0.3) is 5.56 Å². The number of pyridine rings is 1. The Kier molecular flexibility index (Phi) is 2.87. The highest BCUT2D eigenvalue weighted by Crippen LogP contribution is 2.15. The number of fused-ring (bicyclic) bond motifs is 1. The molecule has 102 valence electrons. The topological polar surface area (TPSA) is 60.2 Å². The summed E-state index contributed by atoms with van der Waals surface area (Å²) in [6.45, 7) is 0. The standard InChI is InChI=1S/C14H8N4OS2/c19-13-11(8-10-2-1-7-20-10)21-14-16-12(17-18(13)14)9-3-5-15-6-4-9/h1-8H/b11-8-. The van der Waals surface area contributed by atoms with Gasteiger partial charge in [-0.2, -0.15) is 9.50 Å². The third-order valence-corrected chi connectivity index (χ3v) is 4.72. The van der Waals surface area contributed by atoms with E-state index >= 15 is 0 Å². The van der Waals surface area contributed by atoms with Crippen LogP contribution in [0.25, 0.3) is 22.4 Å². The van der Waals surface area contributed by atoms with Gasteiger partial charge in [0.05, 0.1) is 4.53 Å². The molecule has 0 fully saturated rings. The van der Waals surface area contributed by atoms with Gasteiger partial charge in [0, 0.05) is 22.8 Å². The first-order chi connectivity index (χ1) is 10.3. The minimum Gasteiger partial charge on any atom is -0.266 e. The second kappa shape index (κ2) is 4.87. The average molecular weight is 312 g/mol. The highest BCUT2D eigenvalue weighted by molar-refractivity contribution is 7.15. The van der Waals surface area contributed by atoms with Crippen molar-refractivity contribution >= 4 is 33.7 Å². The zero-order chi connectivity index (χ0) is 14.2. The zero-order valence-corrected chi connectivity index (χ0v) is 12.3. The SMILES string of the molecule is O=c1/c(=C/c2cccs2)sc2nc(-c3ccncc3)nn12. The molecule has 0 unspecified atom stereocenters. The normalized spacial score (nSPS) is 12.3. The molecule has 0 saturated heterocycles. The Hall–Kier alpha value is -2.38. The van der Waals surface area contributed by atoms with Crippen molar-refractivity contribution in [1.29, 1.82) is 0 Å². The maximum absolute atomic E-state index is 12.3. The maximum Gasteiger partial charge on any atom is 0.291 e. The predicted molar refractivity (Wildman–Crippen MR) is 83.5 cm³/mol. The van der Waals surface area contributed by atoms with Crippen molar-refractivity contribution in [3.05, 3.63) is 61.8 Å².